The molecule has 3 N–H and O–H groups in total. The summed E-state index contributed by atoms with van der Waals surface area (Å²) in [6.07, 6.45) is 2.43. The van der Waals surface area contributed by atoms with Crippen molar-refractivity contribution in [1.29, 1.82) is 0 Å². The van der Waals surface area contributed by atoms with Gasteiger partial charge >= 0.3 is 5.97 Å². The summed E-state index contributed by atoms with van der Waals surface area (Å²) in [7, 11) is 2.71. The Labute approximate surface area is 200 Å². The molecular formula is C25H24F2N2O6. The summed E-state index contributed by atoms with van der Waals surface area (Å²) in [5, 5.41) is 14.0. The third-order valence-electron chi connectivity index (χ3n) is 5.08. The second-order valence-electron chi connectivity index (χ2n) is 7.45. The van der Waals surface area contributed by atoms with Crippen molar-refractivity contribution in [3.63, 3.8) is 0 Å². The summed E-state index contributed by atoms with van der Waals surface area (Å²) >= 11 is 0. The summed E-state index contributed by atoms with van der Waals surface area (Å²) in [5.41, 5.74) is 1.24. The molecule has 3 rings (SSSR count). The predicted molar refractivity (Wildman–Crippen MR) is 125 cm³/mol. The number of methoxy groups -OCH3 is 2. The van der Waals surface area contributed by atoms with E-state index in [-0.39, 0.29) is 22.6 Å². The van der Waals surface area contributed by atoms with Crippen molar-refractivity contribution in [3.8, 4) is 22.6 Å². The first-order valence-corrected chi connectivity index (χ1v) is 10.5. The van der Waals surface area contributed by atoms with Crippen LogP contribution in [0.15, 0.2) is 59.0 Å². The van der Waals surface area contributed by atoms with E-state index in [4.69, 9.17) is 19.0 Å². The number of hydrogen-bond donors (Lipinski definition) is 3. The van der Waals surface area contributed by atoms with Crippen molar-refractivity contribution in [2.75, 3.05) is 19.5 Å². The molecule has 0 radical (unpaired) electrons. The Bertz CT molecular complexity index is 1240. The molecular weight excluding hydrogens is 462 g/mol. The SMILES string of the molecule is COc1cc(-c2ccc(NCc3ccco3)cc2F)c(OC)cc1/C=C(/F)C(=O)N[C@H](C)C(=O)O. The molecule has 0 aliphatic heterocycles. The molecule has 10 heteroatoms. The van der Waals surface area contributed by atoms with Crippen LogP contribution in [0, 0.1) is 5.82 Å². The molecule has 184 valence electrons. The number of rotatable bonds is 10. The van der Waals surface area contributed by atoms with Crippen LogP contribution in [0.5, 0.6) is 11.5 Å². The molecule has 0 aliphatic rings. The molecule has 35 heavy (non-hydrogen) atoms. The maximum atomic E-state index is 15.0. The van der Waals surface area contributed by atoms with E-state index in [2.05, 4.69) is 5.32 Å². The van der Waals surface area contributed by atoms with Crippen LogP contribution in [0.4, 0.5) is 14.5 Å². The number of carbonyl (C=O) groups excluding carboxylic acids is 1. The number of halogens is 2. The molecule has 2 aromatic carbocycles. The second-order valence-corrected chi connectivity index (χ2v) is 7.45. The lowest BCUT2D eigenvalue weighted by Gasteiger charge is -2.15. The summed E-state index contributed by atoms with van der Waals surface area (Å²) in [6, 6.07) is 9.71. The van der Waals surface area contributed by atoms with Gasteiger partial charge in [-0.3, -0.25) is 9.59 Å². The van der Waals surface area contributed by atoms with Gasteiger partial charge in [0.25, 0.3) is 5.91 Å². The average Bonchev–Trinajstić information content (AvgIpc) is 3.36. The van der Waals surface area contributed by atoms with Gasteiger partial charge in [-0.2, -0.15) is 0 Å². The first kappa shape index (κ1) is 25.3. The zero-order valence-corrected chi connectivity index (χ0v) is 19.2. The Hall–Kier alpha value is -4.34. The Kier molecular flexibility index (Phi) is 8.08. The van der Waals surface area contributed by atoms with Crippen molar-refractivity contribution >= 4 is 23.6 Å². The van der Waals surface area contributed by atoms with E-state index in [1.54, 1.807) is 30.5 Å². The van der Waals surface area contributed by atoms with Crippen LogP contribution in [0.3, 0.4) is 0 Å². The normalized spacial score (nSPS) is 12.1. The van der Waals surface area contributed by atoms with Crippen LogP contribution in [-0.4, -0.2) is 37.2 Å². The first-order valence-electron chi connectivity index (χ1n) is 10.5. The second kappa shape index (κ2) is 11.2. The topological polar surface area (TPSA) is 110 Å². The smallest absolute Gasteiger partial charge is 0.325 e. The van der Waals surface area contributed by atoms with Gasteiger partial charge in [-0.1, -0.05) is 0 Å². The van der Waals surface area contributed by atoms with E-state index >= 15 is 4.39 Å². The number of carbonyl (C=O) groups is 2. The van der Waals surface area contributed by atoms with Crippen LogP contribution in [0.25, 0.3) is 17.2 Å². The molecule has 0 aliphatic carbocycles. The number of furan rings is 1. The highest BCUT2D eigenvalue weighted by Gasteiger charge is 2.20. The number of carboxylic acid groups (broad SMARTS) is 1. The third kappa shape index (κ3) is 6.17. The average molecular weight is 486 g/mol. The highest BCUT2D eigenvalue weighted by molar-refractivity contribution is 5.98. The molecule has 0 spiro atoms. The van der Waals surface area contributed by atoms with E-state index in [0.29, 0.717) is 23.6 Å². The zero-order valence-electron chi connectivity index (χ0n) is 19.2. The molecule has 0 unspecified atom stereocenters. The van der Waals surface area contributed by atoms with Crippen LogP contribution in [0.1, 0.15) is 18.2 Å². The molecule has 0 fully saturated rings. The highest BCUT2D eigenvalue weighted by atomic mass is 19.1. The molecule has 0 saturated carbocycles. The lowest BCUT2D eigenvalue weighted by Crippen LogP contribution is -2.38. The van der Waals surface area contributed by atoms with Gasteiger partial charge in [0, 0.05) is 22.4 Å². The fraction of sp³-hybridized carbons (Fsp3) is 0.200. The lowest BCUT2D eigenvalue weighted by molar-refractivity contribution is -0.140. The monoisotopic (exact) mass is 486 g/mol. The van der Waals surface area contributed by atoms with Crippen molar-refractivity contribution < 1.29 is 37.4 Å². The third-order valence-corrected chi connectivity index (χ3v) is 5.08. The van der Waals surface area contributed by atoms with E-state index in [1.807, 2.05) is 5.32 Å². The number of ether oxygens (including phenoxy) is 2. The number of amides is 1. The molecule has 0 saturated heterocycles. The number of anilines is 1. The van der Waals surface area contributed by atoms with Gasteiger partial charge in [-0.25, -0.2) is 8.78 Å². The van der Waals surface area contributed by atoms with Crippen molar-refractivity contribution in [2.24, 2.45) is 0 Å². The molecule has 1 atom stereocenters. The van der Waals surface area contributed by atoms with Gasteiger partial charge in [0.15, 0.2) is 5.83 Å². The molecule has 0 bridgehead atoms. The van der Waals surface area contributed by atoms with E-state index in [9.17, 15) is 14.0 Å². The Morgan fingerprint density at radius 2 is 1.86 bits per heavy atom. The van der Waals surface area contributed by atoms with Crippen LogP contribution < -0.4 is 20.1 Å². The van der Waals surface area contributed by atoms with E-state index in [1.165, 1.54) is 39.3 Å². The fourth-order valence-corrected chi connectivity index (χ4v) is 3.22. The molecule has 8 nitrogen and oxygen atoms in total. The highest BCUT2D eigenvalue weighted by Crippen LogP contribution is 2.39. The predicted octanol–water partition coefficient (Wildman–Crippen LogP) is 4.61. The summed E-state index contributed by atoms with van der Waals surface area (Å²) in [4.78, 5) is 22.8. The van der Waals surface area contributed by atoms with Gasteiger partial charge < -0.3 is 29.6 Å². The molecule has 1 aromatic heterocycles. The van der Waals surface area contributed by atoms with E-state index in [0.717, 1.165) is 6.08 Å². The van der Waals surface area contributed by atoms with Gasteiger partial charge in [0.2, 0.25) is 0 Å². The number of carboxylic acids is 1. The number of benzene rings is 2. The van der Waals surface area contributed by atoms with Crippen molar-refractivity contribution in [1.82, 2.24) is 5.32 Å². The largest absolute Gasteiger partial charge is 0.496 e. The molecule has 1 heterocycles. The van der Waals surface area contributed by atoms with Gasteiger partial charge in [-0.15, -0.1) is 0 Å². The maximum Gasteiger partial charge on any atom is 0.325 e. The lowest BCUT2D eigenvalue weighted by atomic mass is 10.00. The Morgan fingerprint density at radius 1 is 1.11 bits per heavy atom. The van der Waals surface area contributed by atoms with Gasteiger partial charge in [0.05, 0.1) is 27.0 Å². The van der Waals surface area contributed by atoms with Gasteiger partial charge in [0.1, 0.15) is 29.1 Å². The number of hydrogen-bond acceptors (Lipinski definition) is 6. The molecule has 3 aromatic rings. The standard InChI is InChI=1S/C25H24F2N2O6/c1-14(25(31)32)29-24(30)21(27)9-15-10-23(34-3)19(12-22(15)33-2)18-7-6-16(11-20(18)26)28-13-17-5-4-8-35-17/h4-12,14,28H,13H2,1-3H3,(H,29,30)(H,31,32)/b21-9+/t14-/m1/s1. The summed E-state index contributed by atoms with van der Waals surface area (Å²) < 4.78 is 45.4. The van der Waals surface area contributed by atoms with Crippen LogP contribution in [-0.2, 0) is 16.1 Å². The Morgan fingerprint density at radius 3 is 2.46 bits per heavy atom. The minimum absolute atomic E-state index is 0.140. The number of nitrogens with one attached hydrogen (secondary N) is 2. The fourth-order valence-electron chi connectivity index (χ4n) is 3.22. The first-order chi connectivity index (χ1) is 16.7. The zero-order chi connectivity index (χ0) is 25.5. The Balaban J connectivity index is 1.90. The number of aliphatic carboxylic acids is 1. The van der Waals surface area contributed by atoms with E-state index < -0.39 is 29.6 Å². The quantitative estimate of drug-likeness (QED) is 0.359. The summed E-state index contributed by atoms with van der Waals surface area (Å²) in [6.45, 7) is 1.59. The van der Waals surface area contributed by atoms with Crippen molar-refractivity contribution in [3.05, 3.63) is 71.7 Å². The maximum absolute atomic E-state index is 15.0. The van der Waals surface area contributed by atoms with Crippen LogP contribution in [0.2, 0.25) is 0 Å². The van der Waals surface area contributed by atoms with Gasteiger partial charge in [-0.05, 0) is 55.5 Å². The minimum atomic E-state index is -1.31. The van der Waals surface area contributed by atoms with Crippen molar-refractivity contribution in [2.45, 2.75) is 19.5 Å². The van der Waals surface area contributed by atoms with Crippen LogP contribution >= 0.6 is 0 Å². The molecule has 1 amide bonds. The summed E-state index contributed by atoms with van der Waals surface area (Å²) in [5.74, 6) is -3.22. The minimum Gasteiger partial charge on any atom is -0.496 e.